The number of furan rings is 1. The maximum Gasteiger partial charge on any atom is 0.123 e. The summed E-state index contributed by atoms with van der Waals surface area (Å²) in [6.07, 6.45) is 1.70. The second kappa shape index (κ2) is 7.53. The third-order valence-corrected chi connectivity index (χ3v) is 3.53. The number of hydrogen-bond acceptors (Lipinski definition) is 3. The van der Waals surface area contributed by atoms with Gasteiger partial charge >= 0.3 is 0 Å². The first-order valence-electron chi connectivity index (χ1n) is 7.29. The topological polar surface area (TPSA) is 28.4 Å². The molecule has 21 heavy (non-hydrogen) atoms. The van der Waals surface area contributed by atoms with E-state index in [4.69, 9.17) is 16.0 Å². The summed E-state index contributed by atoms with van der Waals surface area (Å²) in [6.45, 7) is 6.99. The molecular weight excluding hydrogens is 284 g/mol. The predicted octanol–water partition coefficient (Wildman–Crippen LogP) is 4.32. The zero-order chi connectivity index (χ0) is 15.2. The Labute approximate surface area is 131 Å². The third-order valence-electron chi connectivity index (χ3n) is 3.30. The number of nitrogens with one attached hydrogen (secondary N) is 1. The minimum Gasteiger partial charge on any atom is -0.467 e. The van der Waals surface area contributed by atoms with Gasteiger partial charge in [0, 0.05) is 24.3 Å². The van der Waals surface area contributed by atoms with Crippen molar-refractivity contribution in [2.75, 3.05) is 18.5 Å². The van der Waals surface area contributed by atoms with E-state index in [0.717, 1.165) is 36.1 Å². The van der Waals surface area contributed by atoms with Gasteiger partial charge in [0.05, 0.1) is 12.8 Å². The highest BCUT2D eigenvalue weighted by molar-refractivity contribution is 6.30. The summed E-state index contributed by atoms with van der Waals surface area (Å²) < 4.78 is 5.42. The fraction of sp³-hybridized carbons (Fsp3) is 0.412. The second-order valence-electron chi connectivity index (χ2n) is 5.73. The second-order valence-corrected chi connectivity index (χ2v) is 6.17. The minimum atomic E-state index is 0.640. The van der Waals surface area contributed by atoms with Crippen molar-refractivity contribution in [2.45, 2.75) is 26.9 Å². The molecule has 1 aromatic carbocycles. The van der Waals surface area contributed by atoms with Crippen molar-refractivity contribution in [1.82, 2.24) is 5.32 Å². The van der Waals surface area contributed by atoms with Crippen molar-refractivity contribution in [3.63, 3.8) is 0 Å². The summed E-state index contributed by atoms with van der Waals surface area (Å²) in [7, 11) is 2.06. The highest BCUT2D eigenvalue weighted by Gasteiger charge is 2.10. The normalized spacial score (nSPS) is 11.1. The Morgan fingerprint density at radius 2 is 2.10 bits per heavy atom. The molecule has 114 valence electrons. The largest absolute Gasteiger partial charge is 0.467 e. The van der Waals surface area contributed by atoms with Crippen molar-refractivity contribution in [3.05, 3.63) is 52.9 Å². The fourth-order valence-electron chi connectivity index (χ4n) is 2.26. The van der Waals surface area contributed by atoms with Crippen LogP contribution in [0.2, 0.25) is 5.02 Å². The lowest BCUT2D eigenvalue weighted by Crippen LogP contribution is -2.22. The third kappa shape index (κ3) is 4.80. The zero-order valence-corrected chi connectivity index (χ0v) is 13.7. The number of halogens is 1. The van der Waals surface area contributed by atoms with E-state index >= 15 is 0 Å². The van der Waals surface area contributed by atoms with E-state index in [2.05, 4.69) is 37.2 Å². The highest BCUT2D eigenvalue weighted by atomic mass is 35.5. The van der Waals surface area contributed by atoms with Crippen LogP contribution >= 0.6 is 11.6 Å². The Bertz CT molecular complexity index is 552. The van der Waals surface area contributed by atoms with Crippen molar-refractivity contribution in [2.24, 2.45) is 5.92 Å². The Kier molecular flexibility index (Phi) is 5.71. The maximum absolute atomic E-state index is 6.16. The SMILES string of the molecule is CC(C)CNCc1ccc(Cl)cc1N(C)Cc1ccco1. The highest BCUT2D eigenvalue weighted by Crippen LogP contribution is 2.25. The van der Waals surface area contributed by atoms with Gasteiger partial charge in [0.2, 0.25) is 0 Å². The van der Waals surface area contributed by atoms with Crippen molar-refractivity contribution in [1.29, 1.82) is 0 Å². The first-order chi connectivity index (χ1) is 10.1. The van der Waals surface area contributed by atoms with Crippen LogP contribution in [0.3, 0.4) is 0 Å². The monoisotopic (exact) mass is 306 g/mol. The van der Waals surface area contributed by atoms with Crippen LogP contribution in [0.15, 0.2) is 41.0 Å². The van der Waals surface area contributed by atoms with Crippen molar-refractivity contribution in [3.8, 4) is 0 Å². The van der Waals surface area contributed by atoms with Gasteiger partial charge in [-0.15, -0.1) is 0 Å². The van der Waals surface area contributed by atoms with Crippen LogP contribution in [0.4, 0.5) is 5.69 Å². The zero-order valence-electron chi connectivity index (χ0n) is 12.9. The first kappa shape index (κ1) is 15.9. The maximum atomic E-state index is 6.16. The van der Waals surface area contributed by atoms with Crippen LogP contribution < -0.4 is 10.2 Å². The van der Waals surface area contributed by atoms with Crippen molar-refractivity contribution < 1.29 is 4.42 Å². The first-order valence-corrected chi connectivity index (χ1v) is 7.66. The molecule has 3 nitrogen and oxygen atoms in total. The summed E-state index contributed by atoms with van der Waals surface area (Å²) in [5.74, 6) is 1.58. The van der Waals surface area contributed by atoms with Gasteiger partial charge in [0.15, 0.2) is 0 Å². The standard InChI is InChI=1S/C17H23ClN2O/c1-13(2)10-19-11-14-6-7-15(18)9-17(14)20(3)12-16-5-4-8-21-16/h4-9,13,19H,10-12H2,1-3H3. The summed E-state index contributed by atoms with van der Waals surface area (Å²) >= 11 is 6.16. The molecule has 1 N–H and O–H groups in total. The molecule has 2 aromatic rings. The molecule has 2 rings (SSSR count). The lowest BCUT2D eigenvalue weighted by Gasteiger charge is -2.22. The molecule has 1 aromatic heterocycles. The van der Waals surface area contributed by atoms with Crippen LogP contribution in [-0.2, 0) is 13.1 Å². The van der Waals surface area contributed by atoms with Gasteiger partial charge in [0.1, 0.15) is 5.76 Å². The number of rotatable bonds is 7. The van der Waals surface area contributed by atoms with Gasteiger partial charge in [-0.3, -0.25) is 0 Å². The predicted molar refractivity (Wildman–Crippen MR) is 88.8 cm³/mol. The van der Waals surface area contributed by atoms with Gasteiger partial charge in [-0.05, 0) is 42.3 Å². The molecule has 0 saturated carbocycles. The Morgan fingerprint density at radius 1 is 1.29 bits per heavy atom. The van der Waals surface area contributed by atoms with E-state index in [1.54, 1.807) is 6.26 Å². The Morgan fingerprint density at radius 3 is 2.76 bits per heavy atom. The minimum absolute atomic E-state index is 0.640. The van der Waals surface area contributed by atoms with Crippen LogP contribution in [0.5, 0.6) is 0 Å². The van der Waals surface area contributed by atoms with E-state index in [-0.39, 0.29) is 0 Å². The number of nitrogens with zero attached hydrogens (tertiary/aromatic N) is 1. The number of anilines is 1. The summed E-state index contributed by atoms with van der Waals surface area (Å²) in [5.41, 5.74) is 2.38. The lowest BCUT2D eigenvalue weighted by molar-refractivity contribution is 0.507. The Balaban J connectivity index is 2.10. The molecular formula is C17H23ClN2O. The van der Waals surface area contributed by atoms with Crippen LogP contribution in [-0.4, -0.2) is 13.6 Å². The Hall–Kier alpha value is -1.45. The van der Waals surface area contributed by atoms with E-state index in [1.165, 1.54) is 5.56 Å². The van der Waals surface area contributed by atoms with Crippen LogP contribution in [0, 0.1) is 5.92 Å². The van der Waals surface area contributed by atoms with Gasteiger partial charge in [0.25, 0.3) is 0 Å². The summed E-state index contributed by atoms with van der Waals surface area (Å²) in [5, 5.41) is 4.24. The molecule has 0 unspecified atom stereocenters. The number of benzene rings is 1. The van der Waals surface area contributed by atoms with Gasteiger partial charge < -0.3 is 14.6 Å². The van der Waals surface area contributed by atoms with E-state index in [0.29, 0.717) is 5.92 Å². The van der Waals surface area contributed by atoms with Crippen LogP contribution in [0.1, 0.15) is 25.2 Å². The molecule has 1 heterocycles. The quantitative estimate of drug-likeness (QED) is 0.826. The molecule has 0 fully saturated rings. The smallest absolute Gasteiger partial charge is 0.123 e. The molecule has 4 heteroatoms. The molecule has 0 saturated heterocycles. The molecule has 0 radical (unpaired) electrons. The van der Waals surface area contributed by atoms with Gasteiger partial charge in [-0.1, -0.05) is 31.5 Å². The molecule has 0 aliphatic rings. The fourth-order valence-corrected chi connectivity index (χ4v) is 2.43. The molecule has 0 amide bonds. The van der Waals surface area contributed by atoms with Crippen LogP contribution in [0.25, 0.3) is 0 Å². The molecule has 0 bridgehead atoms. The van der Waals surface area contributed by atoms with E-state index in [9.17, 15) is 0 Å². The van der Waals surface area contributed by atoms with E-state index < -0.39 is 0 Å². The number of hydrogen-bond donors (Lipinski definition) is 1. The lowest BCUT2D eigenvalue weighted by atomic mass is 10.1. The average Bonchev–Trinajstić information content (AvgIpc) is 2.92. The summed E-state index contributed by atoms with van der Waals surface area (Å²) in [6, 6.07) is 9.93. The molecule has 0 aliphatic carbocycles. The molecule has 0 aliphatic heterocycles. The van der Waals surface area contributed by atoms with E-state index in [1.807, 2.05) is 24.3 Å². The molecule has 0 spiro atoms. The van der Waals surface area contributed by atoms with Gasteiger partial charge in [-0.25, -0.2) is 0 Å². The molecule has 0 atom stereocenters. The van der Waals surface area contributed by atoms with Crippen molar-refractivity contribution >= 4 is 17.3 Å². The summed E-state index contributed by atoms with van der Waals surface area (Å²) in [4.78, 5) is 2.16. The van der Waals surface area contributed by atoms with Gasteiger partial charge in [-0.2, -0.15) is 0 Å². The average molecular weight is 307 g/mol.